The van der Waals surface area contributed by atoms with Crippen LogP contribution < -0.4 is 22.1 Å². The van der Waals surface area contributed by atoms with Crippen molar-refractivity contribution in [2.75, 3.05) is 13.2 Å². The minimum Gasteiger partial charge on any atom is -0.449 e. The summed E-state index contributed by atoms with van der Waals surface area (Å²) >= 11 is 0. The molecule has 11 nitrogen and oxygen atoms in total. The zero-order valence-corrected chi connectivity index (χ0v) is 28.5. The van der Waals surface area contributed by atoms with Crippen molar-refractivity contribution >= 4 is 29.8 Å². The van der Waals surface area contributed by atoms with Gasteiger partial charge in [0.05, 0.1) is 6.04 Å². The van der Waals surface area contributed by atoms with E-state index in [0.717, 1.165) is 44.5 Å². The summed E-state index contributed by atoms with van der Waals surface area (Å²) in [5, 5.41) is 5.30. The molecular formula is C38H46N4O7. The number of primary amides is 2. The number of carbonyl (C=O) groups excluding carboxylic acids is 5. The van der Waals surface area contributed by atoms with E-state index >= 15 is 0 Å². The molecule has 49 heavy (non-hydrogen) atoms. The number of hydrogen-bond acceptors (Lipinski definition) is 7. The quantitative estimate of drug-likeness (QED) is 0.143. The average Bonchev–Trinajstić information content (AvgIpc) is 3.37. The van der Waals surface area contributed by atoms with Gasteiger partial charge in [0.2, 0.25) is 0 Å². The summed E-state index contributed by atoms with van der Waals surface area (Å²) in [6.45, 7) is 7.78. The summed E-state index contributed by atoms with van der Waals surface area (Å²) in [5.74, 6) is -1.47. The van der Waals surface area contributed by atoms with Crippen molar-refractivity contribution in [2.45, 2.75) is 71.9 Å². The maximum atomic E-state index is 13.8. The minimum absolute atomic E-state index is 0.0164. The Morgan fingerprint density at radius 1 is 0.837 bits per heavy atom. The lowest BCUT2D eigenvalue weighted by Crippen LogP contribution is -2.45. The number of rotatable bonds is 16. The first-order chi connectivity index (χ1) is 23.3. The molecule has 3 aromatic carbocycles. The Hall–Kier alpha value is -5.19. The summed E-state index contributed by atoms with van der Waals surface area (Å²) in [5.41, 5.74) is 17.9. The van der Waals surface area contributed by atoms with E-state index in [1.807, 2.05) is 76.2 Å². The Morgan fingerprint density at radius 3 is 1.98 bits per heavy atom. The maximum Gasteiger partial charge on any atom is 0.407 e. The van der Waals surface area contributed by atoms with Crippen molar-refractivity contribution in [1.29, 1.82) is 0 Å². The molecule has 0 aromatic heterocycles. The standard InChI is InChI=1S/C38H46N4O7/c1-22(2)35(42-38(47)49-21-32-29-13-7-5-11-27(29)28-12-6-8-14-30(28)32)34(44)18-26(10-9-15-41-36(39)45)33(43)19-31-23(3)16-25(17-24(31)4)20-48-37(40)46/h5-8,11-14,16-17,22,26,32,35H,9-10,15,18-21H2,1-4H3,(H2,40,46)(H,42,47)(H3,39,41,45)/t26-,35+/m1/s1. The van der Waals surface area contributed by atoms with E-state index in [1.54, 1.807) is 0 Å². The summed E-state index contributed by atoms with van der Waals surface area (Å²) in [6, 6.07) is 18.2. The number of Topliss-reactive ketones (excluding diaryl/α,β-unsaturated/α-hetero) is 2. The van der Waals surface area contributed by atoms with Crippen molar-refractivity contribution in [1.82, 2.24) is 10.6 Å². The molecule has 4 amide bonds. The molecule has 0 aliphatic heterocycles. The number of ether oxygens (including phenoxy) is 2. The van der Waals surface area contributed by atoms with Gasteiger partial charge < -0.3 is 31.6 Å². The Labute approximate surface area is 287 Å². The molecule has 0 heterocycles. The third-order valence-corrected chi connectivity index (χ3v) is 9.05. The van der Waals surface area contributed by atoms with Crippen LogP contribution in [0.5, 0.6) is 0 Å². The molecule has 0 bridgehead atoms. The van der Waals surface area contributed by atoms with Crippen molar-refractivity contribution in [3.05, 3.63) is 94.0 Å². The van der Waals surface area contributed by atoms with Gasteiger partial charge >= 0.3 is 18.2 Å². The predicted molar refractivity (Wildman–Crippen MR) is 186 cm³/mol. The molecule has 6 N–H and O–H groups in total. The van der Waals surface area contributed by atoms with Crippen LogP contribution in [0.25, 0.3) is 11.1 Å². The highest BCUT2D eigenvalue weighted by Gasteiger charge is 2.32. The van der Waals surface area contributed by atoms with E-state index in [-0.39, 0.29) is 56.0 Å². The van der Waals surface area contributed by atoms with Gasteiger partial charge in [0.1, 0.15) is 19.0 Å². The van der Waals surface area contributed by atoms with Crippen LogP contribution in [0.1, 0.15) is 72.4 Å². The summed E-state index contributed by atoms with van der Waals surface area (Å²) in [4.78, 5) is 62.9. The van der Waals surface area contributed by atoms with Crippen molar-refractivity contribution in [3.8, 4) is 11.1 Å². The molecule has 3 aromatic rings. The molecule has 0 unspecified atom stereocenters. The molecule has 1 aliphatic carbocycles. The number of hydrogen-bond donors (Lipinski definition) is 4. The molecular weight excluding hydrogens is 624 g/mol. The van der Waals surface area contributed by atoms with Crippen molar-refractivity contribution < 1.29 is 33.4 Å². The molecule has 260 valence electrons. The predicted octanol–water partition coefficient (Wildman–Crippen LogP) is 5.60. The smallest absolute Gasteiger partial charge is 0.407 e. The first kappa shape index (κ1) is 36.6. The highest BCUT2D eigenvalue weighted by molar-refractivity contribution is 5.93. The third-order valence-electron chi connectivity index (χ3n) is 9.05. The lowest BCUT2D eigenvalue weighted by molar-refractivity contribution is -0.129. The van der Waals surface area contributed by atoms with Gasteiger partial charge in [-0.05, 0) is 77.1 Å². The van der Waals surface area contributed by atoms with Gasteiger partial charge in [-0.25, -0.2) is 14.4 Å². The highest BCUT2D eigenvalue weighted by atomic mass is 16.6. The second-order valence-electron chi connectivity index (χ2n) is 13.0. The number of benzene rings is 3. The zero-order chi connectivity index (χ0) is 35.7. The number of alkyl carbamates (subject to hydrolysis) is 1. The van der Waals surface area contributed by atoms with E-state index in [9.17, 15) is 24.0 Å². The van der Waals surface area contributed by atoms with Crippen LogP contribution in [0.3, 0.4) is 0 Å². The maximum absolute atomic E-state index is 13.8. The normalized spacial score (nSPS) is 13.2. The van der Waals surface area contributed by atoms with Gasteiger partial charge in [-0.2, -0.15) is 0 Å². The van der Waals surface area contributed by atoms with Crippen molar-refractivity contribution in [3.63, 3.8) is 0 Å². The van der Waals surface area contributed by atoms with E-state index in [0.29, 0.717) is 12.8 Å². The monoisotopic (exact) mass is 670 g/mol. The lowest BCUT2D eigenvalue weighted by Gasteiger charge is -2.24. The van der Waals surface area contributed by atoms with Crippen LogP contribution in [0.2, 0.25) is 0 Å². The Bertz CT molecular complexity index is 1630. The molecule has 4 rings (SSSR count). The van der Waals surface area contributed by atoms with Gasteiger partial charge in [0, 0.05) is 31.2 Å². The Kier molecular flexibility index (Phi) is 12.5. The zero-order valence-electron chi connectivity index (χ0n) is 28.5. The number of aryl methyl sites for hydroxylation is 2. The molecule has 11 heteroatoms. The summed E-state index contributed by atoms with van der Waals surface area (Å²) in [7, 11) is 0. The van der Waals surface area contributed by atoms with Crippen LogP contribution in [-0.2, 0) is 32.1 Å². The number of nitrogens with one attached hydrogen (secondary N) is 2. The first-order valence-corrected chi connectivity index (χ1v) is 16.6. The second kappa shape index (κ2) is 16.8. The van der Waals surface area contributed by atoms with Gasteiger partial charge in [0.15, 0.2) is 5.78 Å². The van der Waals surface area contributed by atoms with Crippen LogP contribution in [-0.4, -0.2) is 49.0 Å². The lowest BCUT2D eigenvalue weighted by atomic mass is 9.84. The van der Waals surface area contributed by atoms with Crippen LogP contribution in [0.4, 0.5) is 14.4 Å². The number of amides is 4. The fourth-order valence-corrected chi connectivity index (χ4v) is 6.61. The van der Waals surface area contributed by atoms with E-state index in [2.05, 4.69) is 22.8 Å². The van der Waals surface area contributed by atoms with E-state index < -0.39 is 30.2 Å². The molecule has 0 saturated heterocycles. The average molecular weight is 671 g/mol. The van der Waals surface area contributed by atoms with Crippen molar-refractivity contribution in [2.24, 2.45) is 23.3 Å². The summed E-state index contributed by atoms with van der Waals surface area (Å²) < 4.78 is 10.6. The number of ketones is 2. The number of fused-ring (bicyclic) bond motifs is 3. The van der Waals surface area contributed by atoms with E-state index in [4.69, 9.17) is 20.9 Å². The number of urea groups is 1. The van der Waals surface area contributed by atoms with Gasteiger partial charge in [-0.15, -0.1) is 0 Å². The molecule has 0 spiro atoms. The fraction of sp³-hybridized carbons (Fsp3) is 0.395. The highest BCUT2D eigenvalue weighted by Crippen LogP contribution is 2.44. The number of nitrogens with two attached hydrogens (primary N) is 2. The Balaban J connectivity index is 1.43. The van der Waals surface area contributed by atoms with Crippen LogP contribution >= 0.6 is 0 Å². The molecule has 1 aliphatic rings. The minimum atomic E-state index is -0.874. The van der Waals surface area contributed by atoms with Gasteiger partial charge in [-0.1, -0.05) is 74.5 Å². The largest absolute Gasteiger partial charge is 0.449 e. The Morgan fingerprint density at radius 2 is 1.43 bits per heavy atom. The number of carbonyl (C=O) groups is 5. The second-order valence-corrected chi connectivity index (χ2v) is 13.0. The summed E-state index contributed by atoms with van der Waals surface area (Å²) in [6.07, 6.45) is -0.814. The van der Waals surface area contributed by atoms with Gasteiger partial charge in [0.25, 0.3) is 0 Å². The molecule has 0 radical (unpaired) electrons. The fourth-order valence-electron chi connectivity index (χ4n) is 6.61. The third kappa shape index (κ3) is 9.68. The molecule has 2 atom stereocenters. The van der Waals surface area contributed by atoms with Gasteiger partial charge in [-0.3, -0.25) is 9.59 Å². The van der Waals surface area contributed by atoms with Crippen LogP contribution in [0.15, 0.2) is 60.7 Å². The van der Waals surface area contributed by atoms with E-state index in [1.165, 1.54) is 0 Å². The SMILES string of the molecule is Cc1cc(COC(N)=O)cc(C)c1CC(=O)[C@H](CCCNC(N)=O)CC(=O)[C@@H](NC(=O)OCC1c2ccccc2-c2ccccc21)C(C)C. The first-order valence-electron chi connectivity index (χ1n) is 16.6. The molecule has 0 saturated carbocycles. The molecule has 0 fully saturated rings. The topological polar surface area (TPSA) is 180 Å². The van der Waals surface area contributed by atoms with Crippen LogP contribution in [0, 0.1) is 25.7 Å².